The predicted octanol–water partition coefficient (Wildman–Crippen LogP) is 3.95. The van der Waals surface area contributed by atoms with Crippen molar-refractivity contribution >= 4 is 22.9 Å². The van der Waals surface area contributed by atoms with Gasteiger partial charge in [-0.25, -0.2) is 8.78 Å². The van der Waals surface area contributed by atoms with E-state index >= 15 is 0 Å². The maximum Gasteiger partial charge on any atom is 0.327 e. The molecular weight excluding hydrogens is 266 g/mol. The van der Waals surface area contributed by atoms with Crippen LogP contribution in [0.15, 0.2) is 12.1 Å². The molecule has 0 fully saturated rings. The molecule has 0 bridgehead atoms. The Kier molecular flexibility index (Phi) is 4.58. The number of rotatable bonds is 5. The Labute approximate surface area is 99.4 Å². The van der Waals surface area contributed by atoms with Gasteiger partial charge in [0.05, 0.1) is 4.34 Å². The van der Waals surface area contributed by atoms with Crippen molar-refractivity contribution in [2.45, 2.75) is 25.3 Å². The normalized spacial score (nSPS) is 14.4. The van der Waals surface area contributed by atoms with Gasteiger partial charge >= 0.3 is 12.3 Å². The molecule has 0 aromatic carbocycles. The van der Waals surface area contributed by atoms with Crippen molar-refractivity contribution < 1.29 is 17.6 Å². The number of halogens is 5. The van der Waals surface area contributed by atoms with Crippen LogP contribution in [-0.4, -0.2) is 18.9 Å². The molecule has 1 nitrogen and oxygen atoms in total. The van der Waals surface area contributed by atoms with Crippen molar-refractivity contribution in [1.29, 1.82) is 0 Å². The summed E-state index contributed by atoms with van der Waals surface area (Å²) in [6.07, 6.45) is -3.71. The van der Waals surface area contributed by atoms with Crippen molar-refractivity contribution in [3.8, 4) is 0 Å². The van der Waals surface area contributed by atoms with E-state index in [1.165, 1.54) is 12.1 Å². The highest BCUT2D eigenvalue weighted by molar-refractivity contribution is 7.16. The van der Waals surface area contributed by atoms with Crippen molar-refractivity contribution in [2.75, 3.05) is 6.54 Å². The van der Waals surface area contributed by atoms with Crippen molar-refractivity contribution in [2.24, 2.45) is 0 Å². The fraction of sp³-hybridized carbons (Fsp3) is 0.556. The van der Waals surface area contributed by atoms with Crippen molar-refractivity contribution in [1.82, 2.24) is 5.32 Å². The molecule has 0 saturated heterocycles. The molecule has 0 saturated carbocycles. The Balaban J connectivity index is 2.99. The zero-order valence-corrected chi connectivity index (χ0v) is 9.89. The van der Waals surface area contributed by atoms with Crippen molar-refractivity contribution in [3.63, 3.8) is 0 Å². The number of hydrogen-bond donors (Lipinski definition) is 1. The first-order valence-corrected chi connectivity index (χ1v) is 5.73. The Hall–Kier alpha value is -0.330. The first-order valence-electron chi connectivity index (χ1n) is 4.54. The Morgan fingerprint density at radius 3 is 2.44 bits per heavy atom. The van der Waals surface area contributed by atoms with Gasteiger partial charge < -0.3 is 5.32 Å². The van der Waals surface area contributed by atoms with Gasteiger partial charge in [-0.1, -0.05) is 18.5 Å². The van der Waals surface area contributed by atoms with Crippen LogP contribution >= 0.6 is 22.9 Å². The molecular formula is C9H10ClF4NS. The zero-order chi connectivity index (χ0) is 12.3. The second kappa shape index (κ2) is 5.33. The minimum atomic E-state index is -4.11. The largest absolute Gasteiger partial charge is 0.327 e. The molecule has 1 atom stereocenters. The van der Waals surface area contributed by atoms with E-state index < -0.39 is 18.4 Å². The molecule has 0 aliphatic carbocycles. The van der Waals surface area contributed by atoms with Crippen LogP contribution in [-0.2, 0) is 0 Å². The molecule has 1 aromatic rings. The summed E-state index contributed by atoms with van der Waals surface area (Å²) in [5, 5.41) is 2.36. The third-order valence-electron chi connectivity index (χ3n) is 1.96. The van der Waals surface area contributed by atoms with Gasteiger partial charge in [0.1, 0.15) is 6.04 Å². The summed E-state index contributed by atoms with van der Waals surface area (Å²) >= 11 is 6.46. The maximum atomic E-state index is 13.2. The number of thiophene rings is 1. The van der Waals surface area contributed by atoms with Crippen LogP contribution in [0.25, 0.3) is 0 Å². The van der Waals surface area contributed by atoms with E-state index in [1.807, 2.05) is 0 Å². The van der Waals surface area contributed by atoms with E-state index in [2.05, 4.69) is 5.32 Å². The average molecular weight is 276 g/mol. The first kappa shape index (κ1) is 13.7. The summed E-state index contributed by atoms with van der Waals surface area (Å²) in [6.45, 7) is 1.74. The summed E-state index contributed by atoms with van der Waals surface area (Å²) < 4.78 is 51.3. The summed E-state index contributed by atoms with van der Waals surface area (Å²) in [7, 11) is 0. The lowest BCUT2D eigenvalue weighted by atomic mass is 10.1. The molecule has 1 aromatic heterocycles. The average Bonchev–Trinajstić information content (AvgIpc) is 2.60. The summed E-state index contributed by atoms with van der Waals surface area (Å²) in [5.41, 5.74) is 0. The zero-order valence-electron chi connectivity index (χ0n) is 8.31. The number of alkyl halides is 4. The number of hydrogen-bond acceptors (Lipinski definition) is 2. The van der Waals surface area contributed by atoms with Gasteiger partial charge in [-0.2, -0.15) is 8.78 Å². The Morgan fingerprint density at radius 2 is 2.06 bits per heavy atom. The highest BCUT2D eigenvalue weighted by Gasteiger charge is 2.49. The molecule has 1 N–H and O–H groups in total. The molecule has 0 aliphatic heterocycles. The minimum absolute atomic E-state index is 0.108. The highest BCUT2D eigenvalue weighted by Crippen LogP contribution is 2.40. The standard InChI is InChI=1S/C9H10ClF4NS/c1-2-15-7(9(13,14)8(11)12)5-3-4-6(10)16-5/h3-4,7-8,15H,2H2,1H3. The molecule has 1 unspecified atom stereocenters. The monoisotopic (exact) mass is 275 g/mol. The number of nitrogens with one attached hydrogen (secondary N) is 1. The minimum Gasteiger partial charge on any atom is -0.304 e. The molecule has 92 valence electrons. The maximum absolute atomic E-state index is 13.2. The van der Waals surface area contributed by atoms with Crippen LogP contribution in [0.2, 0.25) is 4.34 Å². The lowest BCUT2D eigenvalue weighted by molar-refractivity contribution is -0.150. The van der Waals surface area contributed by atoms with Crippen LogP contribution < -0.4 is 5.32 Å². The molecule has 7 heteroatoms. The van der Waals surface area contributed by atoms with Crippen LogP contribution in [0.1, 0.15) is 17.8 Å². The summed E-state index contributed by atoms with van der Waals surface area (Å²) in [4.78, 5) is 0.108. The molecule has 1 heterocycles. The van der Waals surface area contributed by atoms with Gasteiger partial charge in [0.25, 0.3) is 0 Å². The van der Waals surface area contributed by atoms with Gasteiger partial charge in [0, 0.05) is 4.88 Å². The van der Waals surface area contributed by atoms with Crippen molar-refractivity contribution in [3.05, 3.63) is 21.3 Å². The predicted molar refractivity (Wildman–Crippen MR) is 56.7 cm³/mol. The Morgan fingerprint density at radius 1 is 1.44 bits per heavy atom. The molecule has 1 rings (SSSR count). The topological polar surface area (TPSA) is 12.0 Å². The third-order valence-corrected chi connectivity index (χ3v) is 3.26. The quantitative estimate of drug-likeness (QED) is 0.802. The molecule has 0 aliphatic rings. The molecule has 16 heavy (non-hydrogen) atoms. The van der Waals surface area contributed by atoms with E-state index in [9.17, 15) is 17.6 Å². The van der Waals surface area contributed by atoms with Gasteiger partial charge in [0.15, 0.2) is 0 Å². The molecule has 0 radical (unpaired) electrons. The highest BCUT2D eigenvalue weighted by atomic mass is 35.5. The molecule has 0 spiro atoms. The smallest absolute Gasteiger partial charge is 0.304 e. The Bertz CT molecular complexity index is 342. The lowest BCUT2D eigenvalue weighted by Crippen LogP contribution is -2.42. The van der Waals surface area contributed by atoms with Crippen LogP contribution in [0.5, 0.6) is 0 Å². The van der Waals surface area contributed by atoms with E-state index in [1.54, 1.807) is 6.92 Å². The van der Waals surface area contributed by atoms with Crippen LogP contribution in [0.3, 0.4) is 0 Å². The van der Waals surface area contributed by atoms with Gasteiger partial charge in [0.2, 0.25) is 0 Å². The van der Waals surface area contributed by atoms with E-state index in [0.29, 0.717) is 4.34 Å². The van der Waals surface area contributed by atoms with E-state index in [-0.39, 0.29) is 11.4 Å². The summed E-state index contributed by atoms with van der Waals surface area (Å²) in [5.74, 6) is -4.11. The summed E-state index contributed by atoms with van der Waals surface area (Å²) in [6, 6.07) is 1.04. The van der Waals surface area contributed by atoms with Gasteiger partial charge in [-0.05, 0) is 18.7 Å². The lowest BCUT2D eigenvalue weighted by Gasteiger charge is -2.25. The fourth-order valence-corrected chi connectivity index (χ4v) is 2.43. The van der Waals surface area contributed by atoms with E-state index in [0.717, 1.165) is 11.3 Å². The fourth-order valence-electron chi connectivity index (χ4n) is 1.24. The second-order valence-electron chi connectivity index (χ2n) is 3.11. The third kappa shape index (κ3) is 2.87. The van der Waals surface area contributed by atoms with Crippen LogP contribution in [0.4, 0.5) is 17.6 Å². The van der Waals surface area contributed by atoms with Crippen LogP contribution in [0, 0.1) is 0 Å². The molecule has 0 amide bonds. The SMILES string of the molecule is CCNC(c1ccc(Cl)s1)C(F)(F)C(F)F. The van der Waals surface area contributed by atoms with Gasteiger partial charge in [-0.3, -0.25) is 0 Å². The second-order valence-corrected chi connectivity index (χ2v) is 4.85. The first-order chi connectivity index (χ1) is 7.39. The van der Waals surface area contributed by atoms with E-state index in [4.69, 9.17) is 11.6 Å². The van der Waals surface area contributed by atoms with Gasteiger partial charge in [-0.15, -0.1) is 11.3 Å².